The number of aromatic nitrogens is 2. The van der Waals surface area contributed by atoms with Gasteiger partial charge >= 0.3 is 0 Å². The number of aryl methyl sites for hydroxylation is 2. The molecular formula is C23H29N5O2. The number of likely N-dealkylation sites (N-methyl/N-ethyl adjacent to an activating group) is 1. The largest absolute Gasteiger partial charge is 0.491 e. The molecule has 0 fully saturated rings. The molecule has 1 unspecified atom stereocenters. The minimum Gasteiger partial charge on any atom is -0.491 e. The fourth-order valence-electron chi connectivity index (χ4n) is 2.93. The summed E-state index contributed by atoms with van der Waals surface area (Å²) < 4.78 is 5.63. The van der Waals surface area contributed by atoms with Crippen LogP contribution in [-0.4, -0.2) is 53.3 Å². The first-order chi connectivity index (χ1) is 14.4. The van der Waals surface area contributed by atoms with E-state index in [1.807, 2.05) is 49.3 Å². The van der Waals surface area contributed by atoms with Crippen molar-refractivity contribution >= 4 is 23.1 Å². The Hall–Kier alpha value is -3.16. The van der Waals surface area contributed by atoms with Crippen molar-refractivity contribution < 1.29 is 9.84 Å². The van der Waals surface area contributed by atoms with E-state index in [2.05, 4.69) is 52.6 Å². The molecule has 3 N–H and O–H groups in total. The van der Waals surface area contributed by atoms with E-state index in [0.717, 1.165) is 22.8 Å². The Balaban J connectivity index is 1.60. The summed E-state index contributed by atoms with van der Waals surface area (Å²) in [4.78, 5) is 10.8. The van der Waals surface area contributed by atoms with Crippen molar-refractivity contribution in [1.29, 1.82) is 0 Å². The molecule has 0 aliphatic rings. The number of aliphatic hydroxyl groups excluding tert-OH is 1. The number of benzene rings is 2. The van der Waals surface area contributed by atoms with Crippen molar-refractivity contribution in [3.05, 3.63) is 65.9 Å². The summed E-state index contributed by atoms with van der Waals surface area (Å²) in [6.07, 6.45) is 1.19. The lowest BCUT2D eigenvalue weighted by Crippen LogP contribution is -2.30. The number of nitrogens with one attached hydrogen (secondary N) is 2. The summed E-state index contributed by atoms with van der Waals surface area (Å²) in [6.45, 7) is 4.93. The third kappa shape index (κ3) is 6.43. The first-order valence-electron chi connectivity index (χ1n) is 9.89. The summed E-state index contributed by atoms with van der Waals surface area (Å²) in [7, 11) is 3.83. The maximum atomic E-state index is 9.89. The highest BCUT2D eigenvalue weighted by Crippen LogP contribution is 2.22. The Kier molecular flexibility index (Phi) is 7.21. The maximum Gasteiger partial charge on any atom is 0.229 e. The van der Waals surface area contributed by atoms with Gasteiger partial charge in [0.05, 0.1) is 0 Å². The lowest BCUT2D eigenvalue weighted by Gasteiger charge is -2.16. The zero-order chi connectivity index (χ0) is 21.5. The van der Waals surface area contributed by atoms with E-state index in [9.17, 15) is 5.11 Å². The Bertz CT molecular complexity index is 960. The van der Waals surface area contributed by atoms with Crippen LogP contribution in [-0.2, 0) is 0 Å². The van der Waals surface area contributed by atoms with Crippen LogP contribution in [0, 0.1) is 13.8 Å². The lowest BCUT2D eigenvalue weighted by atomic mass is 10.1. The Morgan fingerprint density at radius 1 is 1.03 bits per heavy atom. The zero-order valence-corrected chi connectivity index (χ0v) is 17.9. The number of hydrogen-bond acceptors (Lipinski definition) is 7. The summed E-state index contributed by atoms with van der Waals surface area (Å²) in [6, 6.07) is 15.6. The van der Waals surface area contributed by atoms with Crippen LogP contribution in [0.4, 0.5) is 23.1 Å². The van der Waals surface area contributed by atoms with Gasteiger partial charge in [0.15, 0.2) is 0 Å². The minimum absolute atomic E-state index is 0.250. The van der Waals surface area contributed by atoms with Crippen LogP contribution < -0.4 is 15.4 Å². The number of hydrogen-bond donors (Lipinski definition) is 3. The molecule has 0 bridgehead atoms. The van der Waals surface area contributed by atoms with Crippen LogP contribution in [0.15, 0.2) is 54.7 Å². The Morgan fingerprint density at radius 2 is 1.80 bits per heavy atom. The van der Waals surface area contributed by atoms with E-state index < -0.39 is 6.10 Å². The van der Waals surface area contributed by atoms with E-state index in [-0.39, 0.29) is 6.61 Å². The Morgan fingerprint density at radius 3 is 2.53 bits per heavy atom. The first-order valence-corrected chi connectivity index (χ1v) is 9.89. The monoisotopic (exact) mass is 407 g/mol. The normalized spacial score (nSPS) is 11.9. The summed E-state index contributed by atoms with van der Waals surface area (Å²) >= 11 is 0. The summed E-state index contributed by atoms with van der Waals surface area (Å²) in [5.41, 5.74) is 4.21. The highest BCUT2D eigenvalue weighted by molar-refractivity contribution is 5.63. The average molecular weight is 408 g/mol. The van der Waals surface area contributed by atoms with Gasteiger partial charge in [-0.1, -0.05) is 12.1 Å². The second-order valence-electron chi connectivity index (χ2n) is 7.59. The van der Waals surface area contributed by atoms with Crippen LogP contribution in [0.5, 0.6) is 5.75 Å². The minimum atomic E-state index is -0.529. The van der Waals surface area contributed by atoms with E-state index in [1.165, 1.54) is 5.56 Å². The maximum absolute atomic E-state index is 9.89. The molecule has 1 atom stereocenters. The molecule has 0 aliphatic carbocycles. The quantitative estimate of drug-likeness (QED) is 0.496. The van der Waals surface area contributed by atoms with Crippen LogP contribution >= 0.6 is 0 Å². The summed E-state index contributed by atoms with van der Waals surface area (Å²) in [5, 5.41) is 16.4. The van der Waals surface area contributed by atoms with Crippen LogP contribution in [0.2, 0.25) is 0 Å². The molecule has 1 aromatic heterocycles. The molecule has 0 saturated heterocycles. The first kappa shape index (κ1) is 21.5. The topological polar surface area (TPSA) is 82.5 Å². The van der Waals surface area contributed by atoms with Crippen molar-refractivity contribution in [2.24, 2.45) is 0 Å². The lowest BCUT2D eigenvalue weighted by molar-refractivity contribution is 0.0831. The second kappa shape index (κ2) is 10.0. The fourth-order valence-corrected chi connectivity index (χ4v) is 2.93. The van der Waals surface area contributed by atoms with Gasteiger partial charge in [0, 0.05) is 24.1 Å². The van der Waals surface area contributed by atoms with E-state index in [0.29, 0.717) is 18.2 Å². The molecule has 0 aliphatic heterocycles. The second-order valence-corrected chi connectivity index (χ2v) is 7.59. The molecule has 3 aromatic rings. The van der Waals surface area contributed by atoms with Crippen molar-refractivity contribution in [2.45, 2.75) is 20.0 Å². The van der Waals surface area contributed by atoms with Crippen molar-refractivity contribution in [3.8, 4) is 5.75 Å². The van der Waals surface area contributed by atoms with Crippen molar-refractivity contribution in [1.82, 2.24) is 14.9 Å². The molecule has 7 nitrogen and oxygen atoms in total. The molecule has 7 heteroatoms. The molecule has 2 aromatic carbocycles. The number of nitrogens with zero attached hydrogens (tertiary/aromatic N) is 3. The SMILES string of the molecule is Cc1ccc(C)c(Nc2ccnc(Nc3ccc(OCC(O)CN(C)C)cc3)n2)c1. The van der Waals surface area contributed by atoms with Crippen molar-refractivity contribution in [2.75, 3.05) is 37.9 Å². The van der Waals surface area contributed by atoms with Gasteiger partial charge in [0.25, 0.3) is 0 Å². The Labute approximate surface area is 177 Å². The third-order valence-electron chi connectivity index (χ3n) is 4.44. The van der Waals surface area contributed by atoms with E-state index in [1.54, 1.807) is 6.20 Å². The molecule has 158 valence electrons. The third-order valence-corrected chi connectivity index (χ3v) is 4.44. The number of rotatable bonds is 9. The van der Waals surface area contributed by atoms with Crippen LogP contribution in [0.3, 0.4) is 0 Å². The summed E-state index contributed by atoms with van der Waals surface area (Å²) in [5.74, 6) is 1.92. The smallest absolute Gasteiger partial charge is 0.229 e. The molecule has 1 heterocycles. The predicted octanol–water partition coefficient (Wildman–Crippen LogP) is 3.88. The van der Waals surface area contributed by atoms with Gasteiger partial charge in [-0.2, -0.15) is 4.98 Å². The van der Waals surface area contributed by atoms with E-state index >= 15 is 0 Å². The zero-order valence-electron chi connectivity index (χ0n) is 17.9. The molecular weight excluding hydrogens is 378 g/mol. The number of aliphatic hydroxyl groups is 1. The highest BCUT2D eigenvalue weighted by Gasteiger charge is 2.07. The molecule has 0 amide bonds. The number of ether oxygens (including phenoxy) is 1. The molecule has 30 heavy (non-hydrogen) atoms. The molecule has 0 radical (unpaired) electrons. The van der Waals surface area contributed by atoms with Gasteiger partial charge in [-0.15, -0.1) is 0 Å². The predicted molar refractivity (Wildman–Crippen MR) is 121 cm³/mol. The van der Waals surface area contributed by atoms with Crippen molar-refractivity contribution in [3.63, 3.8) is 0 Å². The molecule has 0 saturated carbocycles. The van der Waals surface area contributed by atoms with Crippen LogP contribution in [0.1, 0.15) is 11.1 Å². The van der Waals surface area contributed by atoms with Gasteiger partial charge < -0.3 is 25.4 Å². The average Bonchev–Trinajstić information content (AvgIpc) is 2.70. The van der Waals surface area contributed by atoms with Gasteiger partial charge in [-0.25, -0.2) is 4.98 Å². The van der Waals surface area contributed by atoms with Gasteiger partial charge in [-0.05, 0) is 75.5 Å². The fraction of sp³-hybridized carbons (Fsp3) is 0.304. The van der Waals surface area contributed by atoms with E-state index in [4.69, 9.17) is 4.74 Å². The van der Waals surface area contributed by atoms with Gasteiger partial charge in [0.2, 0.25) is 5.95 Å². The van der Waals surface area contributed by atoms with Gasteiger partial charge in [-0.3, -0.25) is 0 Å². The van der Waals surface area contributed by atoms with Gasteiger partial charge in [0.1, 0.15) is 24.3 Å². The standard InChI is InChI=1S/C23H29N5O2/c1-16-5-6-17(2)21(13-16)26-22-11-12-24-23(27-22)25-18-7-9-20(10-8-18)30-15-19(29)14-28(3)4/h5-13,19,29H,14-15H2,1-4H3,(H2,24,25,26,27). The molecule has 0 spiro atoms. The highest BCUT2D eigenvalue weighted by atomic mass is 16.5. The molecule has 3 rings (SSSR count). The number of anilines is 4. The van der Waals surface area contributed by atoms with Crippen LogP contribution in [0.25, 0.3) is 0 Å².